The zero-order valence-corrected chi connectivity index (χ0v) is 16.4. The van der Waals surface area contributed by atoms with Gasteiger partial charge in [-0.05, 0) is 61.7 Å². The van der Waals surface area contributed by atoms with Crippen LogP contribution in [-0.4, -0.2) is 27.9 Å². The van der Waals surface area contributed by atoms with E-state index in [9.17, 15) is 9.59 Å². The van der Waals surface area contributed by atoms with Crippen molar-refractivity contribution >= 4 is 17.5 Å². The number of aromatic nitrogens is 2. The lowest BCUT2D eigenvalue weighted by Gasteiger charge is -2.26. The van der Waals surface area contributed by atoms with Crippen LogP contribution in [0.25, 0.3) is 5.69 Å². The van der Waals surface area contributed by atoms with Crippen molar-refractivity contribution in [2.45, 2.75) is 32.2 Å². The first kappa shape index (κ1) is 18.9. The Morgan fingerprint density at radius 1 is 1.03 bits per heavy atom. The summed E-state index contributed by atoms with van der Waals surface area (Å²) in [6.45, 7) is 2.71. The van der Waals surface area contributed by atoms with E-state index in [0.717, 1.165) is 36.3 Å². The average Bonchev–Trinajstić information content (AvgIpc) is 3.29. The molecule has 1 atom stereocenters. The minimum absolute atomic E-state index is 0.123. The quantitative estimate of drug-likeness (QED) is 0.721. The molecule has 4 rings (SSSR count). The van der Waals surface area contributed by atoms with Crippen molar-refractivity contribution in [2.24, 2.45) is 0 Å². The van der Waals surface area contributed by atoms with Gasteiger partial charge in [-0.1, -0.05) is 12.1 Å². The Kier molecular flexibility index (Phi) is 5.42. The minimum Gasteiger partial charge on any atom is -0.346 e. The molecule has 1 fully saturated rings. The van der Waals surface area contributed by atoms with Crippen molar-refractivity contribution < 1.29 is 9.59 Å². The van der Waals surface area contributed by atoms with E-state index in [1.165, 1.54) is 0 Å². The van der Waals surface area contributed by atoms with Crippen molar-refractivity contribution in [1.29, 1.82) is 0 Å². The number of rotatable bonds is 5. The van der Waals surface area contributed by atoms with Crippen LogP contribution in [0.1, 0.15) is 48.1 Å². The van der Waals surface area contributed by atoms with E-state index < -0.39 is 0 Å². The summed E-state index contributed by atoms with van der Waals surface area (Å²) < 4.78 is 1.93. The molecular weight excluding hydrogens is 364 g/mol. The molecular formula is C23H24N4O2. The molecule has 0 bridgehead atoms. The minimum atomic E-state index is -0.132. The second kappa shape index (κ2) is 8.31. The van der Waals surface area contributed by atoms with Gasteiger partial charge in [0.1, 0.15) is 0 Å². The van der Waals surface area contributed by atoms with Crippen molar-refractivity contribution in [1.82, 2.24) is 14.9 Å². The van der Waals surface area contributed by atoms with E-state index in [1.54, 1.807) is 29.6 Å². The molecule has 1 aliphatic rings. The SMILES string of the molecule is C[C@H](NC(=O)c1ccc(N2CCCCC2=O)cc1)c1ccc(-n2ccnc2)cc1. The maximum atomic E-state index is 12.6. The molecule has 2 aromatic carbocycles. The fraction of sp³-hybridized carbons (Fsp3) is 0.261. The first-order valence-corrected chi connectivity index (χ1v) is 9.91. The van der Waals surface area contributed by atoms with Crippen LogP contribution in [0.15, 0.2) is 67.3 Å². The lowest BCUT2D eigenvalue weighted by Crippen LogP contribution is -2.35. The van der Waals surface area contributed by atoms with Gasteiger partial charge in [-0.3, -0.25) is 9.59 Å². The summed E-state index contributed by atoms with van der Waals surface area (Å²) in [4.78, 5) is 30.5. The average molecular weight is 388 g/mol. The van der Waals surface area contributed by atoms with E-state index in [-0.39, 0.29) is 17.9 Å². The Morgan fingerprint density at radius 2 is 1.76 bits per heavy atom. The first-order valence-electron chi connectivity index (χ1n) is 9.91. The number of carbonyl (C=O) groups is 2. The lowest BCUT2D eigenvalue weighted by atomic mass is 10.1. The Labute approximate surface area is 170 Å². The van der Waals surface area contributed by atoms with E-state index >= 15 is 0 Å². The van der Waals surface area contributed by atoms with Gasteiger partial charge in [0.2, 0.25) is 5.91 Å². The van der Waals surface area contributed by atoms with Gasteiger partial charge in [0.15, 0.2) is 0 Å². The molecule has 2 heterocycles. The number of carbonyl (C=O) groups excluding carboxylic acids is 2. The highest BCUT2D eigenvalue weighted by molar-refractivity contribution is 5.97. The number of piperidine rings is 1. The molecule has 0 spiro atoms. The van der Waals surface area contributed by atoms with Gasteiger partial charge in [0, 0.05) is 42.3 Å². The van der Waals surface area contributed by atoms with Gasteiger partial charge < -0.3 is 14.8 Å². The zero-order chi connectivity index (χ0) is 20.2. The first-order chi connectivity index (χ1) is 14.1. The molecule has 148 valence electrons. The molecule has 0 aliphatic carbocycles. The number of nitrogens with one attached hydrogen (secondary N) is 1. The van der Waals surface area contributed by atoms with Crippen molar-refractivity contribution in [3.63, 3.8) is 0 Å². The number of nitrogens with zero attached hydrogens (tertiary/aromatic N) is 3. The van der Waals surface area contributed by atoms with Crippen LogP contribution in [0.2, 0.25) is 0 Å². The van der Waals surface area contributed by atoms with Gasteiger partial charge in [-0.15, -0.1) is 0 Å². The van der Waals surface area contributed by atoms with Crippen LogP contribution in [0.3, 0.4) is 0 Å². The largest absolute Gasteiger partial charge is 0.346 e. The van der Waals surface area contributed by atoms with E-state index in [4.69, 9.17) is 0 Å². The molecule has 6 nitrogen and oxygen atoms in total. The summed E-state index contributed by atoms with van der Waals surface area (Å²) in [6, 6.07) is 15.2. The predicted molar refractivity (Wildman–Crippen MR) is 112 cm³/mol. The topological polar surface area (TPSA) is 67.2 Å². The smallest absolute Gasteiger partial charge is 0.251 e. The molecule has 1 N–H and O–H groups in total. The molecule has 0 unspecified atom stereocenters. The maximum Gasteiger partial charge on any atom is 0.251 e. The van der Waals surface area contributed by atoms with Crippen LogP contribution >= 0.6 is 0 Å². The summed E-state index contributed by atoms with van der Waals surface area (Å²) in [6.07, 6.45) is 7.95. The molecule has 29 heavy (non-hydrogen) atoms. The van der Waals surface area contributed by atoms with Gasteiger partial charge in [0.25, 0.3) is 5.91 Å². The maximum absolute atomic E-state index is 12.6. The number of hydrogen-bond donors (Lipinski definition) is 1. The zero-order valence-electron chi connectivity index (χ0n) is 16.4. The van der Waals surface area contributed by atoms with Gasteiger partial charge in [-0.2, -0.15) is 0 Å². The highest BCUT2D eigenvalue weighted by atomic mass is 16.2. The third kappa shape index (κ3) is 4.21. The molecule has 1 saturated heterocycles. The molecule has 0 saturated carbocycles. The van der Waals surface area contributed by atoms with Gasteiger partial charge >= 0.3 is 0 Å². The standard InChI is InChI=1S/C23H24N4O2/c1-17(18-5-9-20(10-6-18)26-15-13-24-16-26)25-23(29)19-7-11-21(12-8-19)27-14-3-2-4-22(27)28/h5-13,15-17H,2-4,14H2,1H3,(H,25,29)/t17-/m0/s1. The number of imidazole rings is 1. The summed E-state index contributed by atoms with van der Waals surface area (Å²) >= 11 is 0. The predicted octanol–water partition coefficient (Wildman–Crippen LogP) is 3.88. The van der Waals surface area contributed by atoms with Crippen molar-refractivity contribution in [3.05, 3.63) is 78.4 Å². The monoisotopic (exact) mass is 388 g/mol. The van der Waals surface area contributed by atoms with Crippen LogP contribution < -0.4 is 10.2 Å². The fourth-order valence-electron chi connectivity index (χ4n) is 3.58. The van der Waals surface area contributed by atoms with Crippen LogP contribution in [0, 0.1) is 0 Å². The van der Waals surface area contributed by atoms with Crippen LogP contribution in [0.5, 0.6) is 0 Å². The molecule has 3 aromatic rings. The summed E-state index contributed by atoms with van der Waals surface area (Å²) in [7, 11) is 0. The van der Waals surface area contributed by atoms with Crippen molar-refractivity contribution in [3.8, 4) is 5.69 Å². The molecule has 1 aromatic heterocycles. The van der Waals surface area contributed by atoms with E-state index in [2.05, 4.69) is 10.3 Å². The van der Waals surface area contributed by atoms with Gasteiger partial charge in [-0.25, -0.2) is 4.98 Å². The Balaban J connectivity index is 1.40. The number of amides is 2. The normalized spacial score (nSPS) is 15.2. The molecule has 1 aliphatic heterocycles. The highest BCUT2D eigenvalue weighted by Gasteiger charge is 2.20. The van der Waals surface area contributed by atoms with E-state index in [1.807, 2.05) is 54.1 Å². The van der Waals surface area contributed by atoms with Crippen molar-refractivity contribution in [2.75, 3.05) is 11.4 Å². The lowest BCUT2D eigenvalue weighted by molar-refractivity contribution is -0.119. The third-order valence-corrected chi connectivity index (χ3v) is 5.31. The number of benzene rings is 2. The van der Waals surface area contributed by atoms with E-state index in [0.29, 0.717) is 12.0 Å². The summed E-state index contributed by atoms with van der Waals surface area (Å²) in [5, 5.41) is 3.04. The summed E-state index contributed by atoms with van der Waals surface area (Å²) in [5.74, 6) is 0.0221. The summed E-state index contributed by atoms with van der Waals surface area (Å²) in [5.41, 5.74) is 3.49. The number of hydrogen-bond acceptors (Lipinski definition) is 3. The van der Waals surface area contributed by atoms with Crippen LogP contribution in [-0.2, 0) is 4.79 Å². The highest BCUT2D eigenvalue weighted by Crippen LogP contribution is 2.22. The van der Waals surface area contributed by atoms with Crippen LogP contribution in [0.4, 0.5) is 5.69 Å². The third-order valence-electron chi connectivity index (χ3n) is 5.31. The molecule has 0 radical (unpaired) electrons. The Hall–Kier alpha value is -3.41. The molecule has 2 amide bonds. The second-order valence-corrected chi connectivity index (χ2v) is 7.31. The Bertz CT molecular complexity index is 979. The second-order valence-electron chi connectivity index (χ2n) is 7.31. The fourth-order valence-corrected chi connectivity index (χ4v) is 3.58. The molecule has 6 heteroatoms. The van der Waals surface area contributed by atoms with Gasteiger partial charge in [0.05, 0.1) is 12.4 Å². The Morgan fingerprint density at radius 3 is 2.41 bits per heavy atom. The number of anilines is 1.